The van der Waals surface area contributed by atoms with Crippen LogP contribution in [0.4, 0.5) is 5.69 Å². The smallest absolute Gasteiger partial charge is 0.234 e. The van der Waals surface area contributed by atoms with Gasteiger partial charge in [0.25, 0.3) is 0 Å². The molecule has 10 heteroatoms. The van der Waals surface area contributed by atoms with Gasteiger partial charge in [0.1, 0.15) is 13.2 Å². The minimum Gasteiger partial charge on any atom is -0.486 e. The number of fused-ring (bicyclic) bond motifs is 1. The van der Waals surface area contributed by atoms with Crippen LogP contribution < -0.4 is 20.6 Å². The van der Waals surface area contributed by atoms with Crippen molar-refractivity contribution in [3.63, 3.8) is 0 Å². The second kappa shape index (κ2) is 7.99. The Balaban J connectivity index is 1.39. The van der Waals surface area contributed by atoms with Crippen LogP contribution in [-0.4, -0.2) is 39.7 Å². The van der Waals surface area contributed by atoms with Gasteiger partial charge in [-0.05, 0) is 24.3 Å². The molecule has 2 heterocycles. The fourth-order valence-corrected chi connectivity index (χ4v) is 3.49. The van der Waals surface area contributed by atoms with Gasteiger partial charge in [-0.2, -0.15) is 0 Å². The van der Waals surface area contributed by atoms with E-state index in [1.54, 1.807) is 36.4 Å². The lowest BCUT2D eigenvalue weighted by Gasteiger charge is -2.18. The lowest BCUT2D eigenvalue weighted by Crippen LogP contribution is -2.18. The molecule has 0 aliphatic carbocycles. The van der Waals surface area contributed by atoms with Crippen molar-refractivity contribution < 1.29 is 14.3 Å². The molecule has 8 nitrogen and oxygen atoms in total. The van der Waals surface area contributed by atoms with Crippen molar-refractivity contribution in [3.05, 3.63) is 47.5 Å². The Kier molecular flexibility index (Phi) is 5.27. The molecule has 2 aromatic carbocycles. The van der Waals surface area contributed by atoms with Crippen LogP contribution in [-0.2, 0) is 4.79 Å². The average molecular weight is 418 g/mol. The quantitative estimate of drug-likeness (QED) is 0.485. The molecule has 4 rings (SSSR count). The van der Waals surface area contributed by atoms with Gasteiger partial charge in [-0.3, -0.25) is 4.79 Å². The number of amides is 1. The number of hydrogen-bond acceptors (Lipinski definition) is 7. The van der Waals surface area contributed by atoms with Crippen LogP contribution in [0.15, 0.2) is 47.6 Å². The minimum atomic E-state index is -0.200. The number of carbonyl (C=O) groups is 1. The van der Waals surface area contributed by atoms with Crippen LogP contribution in [0, 0.1) is 0 Å². The first-order valence-corrected chi connectivity index (χ1v) is 9.75. The number of ether oxygens (including phenoxy) is 2. The van der Waals surface area contributed by atoms with E-state index in [0.29, 0.717) is 46.4 Å². The van der Waals surface area contributed by atoms with E-state index in [2.05, 4.69) is 15.5 Å². The first kappa shape index (κ1) is 18.5. The van der Waals surface area contributed by atoms with Crippen molar-refractivity contribution in [1.29, 1.82) is 0 Å². The Labute approximate surface area is 170 Å². The second-order valence-corrected chi connectivity index (χ2v) is 7.26. The highest BCUT2D eigenvalue weighted by Crippen LogP contribution is 2.32. The summed E-state index contributed by atoms with van der Waals surface area (Å²) >= 11 is 7.19. The summed E-state index contributed by atoms with van der Waals surface area (Å²) in [4.78, 5) is 12.3. The normalized spacial score (nSPS) is 12.6. The molecule has 1 amide bonds. The third-order valence-corrected chi connectivity index (χ3v) is 5.08. The zero-order chi connectivity index (χ0) is 19.5. The molecule has 0 saturated carbocycles. The molecular formula is C18H16ClN5O3S. The van der Waals surface area contributed by atoms with E-state index in [1.807, 2.05) is 6.07 Å². The molecule has 3 N–H and O–H groups in total. The van der Waals surface area contributed by atoms with E-state index in [4.69, 9.17) is 26.9 Å². The highest BCUT2D eigenvalue weighted by Gasteiger charge is 2.16. The van der Waals surface area contributed by atoms with Crippen molar-refractivity contribution in [1.82, 2.24) is 14.9 Å². The van der Waals surface area contributed by atoms with Gasteiger partial charge in [-0.1, -0.05) is 35.5 Å². The molecule has 28 heavy (non-hydrogen) atoms. The van der Waals surface area contributed by atoms with Crippen molar-refractivity contribution >= 4 is 35.0 Å². The van der Waals surface area contributed by atoms with E-state index < -0.39 is 0 Å². The van der Waals surface area contributed by atoms with Gasteiger partial charge >= 0.3 is 0 Å². The molecule has 3 aromatic rings. The number of nitrogens with zero attached hydrogens (tertiary/aromatic N) is 3. The zero-order valence-corrected chi connectivity index (χ0v) is 16.2. The molecule has 0 atom stereocenters. The summed E-state index contributed by atoms with van der Waals surface area (Å²) < 4.78 is 12.3. The fraction of sp³-hybridized carbons (Fsp3) is 0.167. The van der Waals surface area contributed by atoms with Gasteiger partial charge in [0.05, 0.1) is 5.75 Å². The first-order valence-electron chi connectivity index (χ1n) is 8.39. The highest BCUT2D eigenvalue weighted by atomic mass is 35.5. The van der Waals surface area contributed by atoms with Crippen LogP contribution in [0.5, 0.6) is 11.5 Å². The number of nitrogens with two attached hydrogens (primary N) is 1. The summed E-state index contributed by atoms with van der Waals surface area (Å²) in [6.07, 6.45) is 0. The molecule has 0 radical (unpaired) electrons. The lowest BCUT2D eigenvalue weighted by atomic mass is 10.2. The number of hydrogen-bond donors (Lipinski definition) is 2. The van der Waals surface area contributed by atoms with Crippen LogP contribution in [0.2, 0.25) is 5.02 Å². The molecule has 0 unspecified atom stereocenters. The predicted molar refractivity (Wildman–Crippen MR) is 107 cm³/mol. The van der Waals surface area contributed by atoms with Crippen LogP contribution in [0.3, 0.4) is 0 Å². The molecule has 0 spiro atoms. The first-order chi connectivity index (χ1) is 13.6. The number of anilines is 1. The molecule has 1 aromatic heterocycles. The summed E-state index contributed by atoms with van der Waals surface area (Å²) in [6.45, 7) is 1.01. The van der Waals surface area contributed by atoms with Crippen LogP contribution in [0.1, 0.15) is 0 Å². The van der Waals surface area contributed by atoms with Gasteiger partial charge in [0.15, 0.2) is 17.3 Å². The molecule has 1 aliphatic heterocycles. The van der Waals surface area contributed by atoms with Gasteiger partial charge in [-0.15, -0.1) is 10.2 Å². The third-order valence-electron chi connectivity index (χ3n) is 3.91. The van der Waals surface area contributed by atoms with E-state index in [9.17, 15) is 4.79 Å². The summed E-state index contributed by atoms with van der Waals surface area (Å²) in [5, 5.41) is 12.0. The fourth-order valence-electron chi connectivity index (χ4n) is 2.65. The average Bonchev–Trinajstić information content (AvgIpc) is 3.07. The second-order valence-electron chi connectivity index (χ2n) is 5.88. The predicted octanol–water partition coefficient (Wildman–Crippen LogP) is 2.81. The zero-order valence-electron chi connectivity index (χ0n) is 14.6. The summed E-state index contributed by atoms with van der Waals surface area (Å²) in [6, 6.07) is 12.4. The third kappa shape index (κ3) is 4.00. The van der Waals surface area contributed by atoms with E-state index in [0.717, 1.165) is 5.56 Å². The van der Waals surface area contributed by atoms with E-state index in [-0.39, 0.29) is 11.7 Å². The standard InChI is InChI=1S/C18H16ClN5O3S/c19-12-3-1-2-11(8-12)17-22-23-18(24(17)20)28-10-16(25)21-13-4-5-14-15(9-13)27-7-6-26-14/h1-5,8-9H,6-7,10,20H2,(H,21,25). The SMILES string of the molecule is Nn1c(SCC(=O)Nc2ccc3c(c2)OCCO3)nnc1-c1cccc(Cl)c1. The Hall–Kier alpha value is -2.91. The van der Waals surface area contributed by atoms with Gasteiger partial charge in [-0.25, -0.2) is 4.68 Å². The Morgan fingerprint density at radius 2 is 2.00 bits per heavy atom. The lowest BCUT2D eigenvalue weighted by molar-refractivity contribution is -0.113. The molecule has 1 aliphatic rings. The Morgan fingerprint density at radius 3 is 2.82 bits per heavy atom. The van der Waals surface area contributed by atoms with E-state index >= 15 is 0 Å². The molecule has 0 fully saturated rings. The molecular weight excluding hydrogens is 402 g/mol. The van der Waals surface area contributed by atoms with Gasteiger partial charge in [0.2, 0.25) is 11.1 Å². The van der Waals surface area contributed by atoms with Crippen LogP contribution >= 0.6 is 23.4 Å². The summed E-state index contributed by atoms with van der Waals surface area (Å²) in [5.41, 5.74) is 1.37. The van der Waals surface area contributed by atoms with Crippen molar-refractivity contribution in [2.45, 2.75) is 5.16 Å². The van der Waals surface area contributed by atoms with Crippen molar-refractivity contribution in [3.8, 4) is 22.9 Å². The maximum absolute atomic E-state index is 12.3. The summed E-state index contributed by atoms with van der Waals surface area (Å²) in [5.74, 6) is 7.75. The van der Waals surface area contributed by atoms with Crippen LogP contribution in [0.25, 0.3) is 11.4 Å². The van der Waals surface area contributed by atoms with Crippen molar-refractivity contribution in [2.75, 3.05) is 30.1 Å². The molecule has 0 bridgehead atoms. The number of nitrogens with one attached hydrogen (secondary N) is 1. The topological polar surface area (TPSA) is 104 Å². The Morgan fingerprint density at radius 1 is 1.18 bits per heavy atom. The number of rotatable bonds is 5. The number of thioether (sulfide) groups is 1. The number of nitrogen functional groups attached to an aromatic ring is 1. The largest absolute Gasteiger partial charge is 0.486 e. The number of carbonyl (C=O) groups excluding carboxylic acids is 1. The minimum absolute atomic E-state index is 0.124. The Bertz CT molecular complexity index is 1030. The summed E-state index contributed by atoms with van der Waals surface area (Å²) in [7, 11) is 0. The van der Waals surface area contributed by atoms with Gasteiger partial charge < -0.3 is 20.6 Å². The number of halogens is 1. The highest BCUT2D eigenvalue weighted by molar-refractivity contribution is 7.99. The maximum atomic E-state index is 12.3. The number of aromatic nitrogens is 3. The maximum Gasteiger partial charge on any atom is 0.234 e. The number of benzene rings is 2. The van der Waals surface area contributed by atoms with Gasteiger partial charge in [0, 0.05) is 22.3 Å². The monoisotopic (exact) mass is 417 g/mol. The molecule has 0 saturated heterocycles. The van der Waals surface area contributed by atoms with E-state index in [1.165, 1.54) is 16.4 Å². The molecule has 144 valence electrons. The van der Waals surface area contributed by atoms with Crippen molar-refractivity contribution in [2.24, 2.45) is 0 Å².